The maximum Gasteiger partial charge on any atom is 0.336 e. The number of carboxylic acids is 1. The number of aryl methyl sites for hydroxylation is 2. The summed E-state index contributed by atoms with van der Waals surface area (Å²) >= 11 is 1.78. The number of nitrogens with zero attached hydrogens (tertiary/aromatic N) is 1. The van der Waals surface area contributed by atoms with E-state index >= 15 is 0 Å². The summed E-state index contributed by atoms with van der Waals surface area (Å²) in [5.41, 5.74) is 4.18. The number of carbonyl (C=O) groups is 1. The van der Waals surface area contributed by atoms with Crippen LogP contribution in [0.5, 0.6) is 0 Å². The molecular formula is C14H13NO2S. The van der Waals surface area contributed by atoms with E-state index in [2.05, 4.69) is 4.98 Å². The Bertz CT molecular complexity index is 652. The van der Waals surface area contributed by atoms with Crippen molar-refractivity contribution < 1.29 is 9.90 Å². The van der Waals surface area contributed by atoms with E-state index in [1.54, 1.807) is 11.8 Å². The maximum atomic E-state index is 11.6. The van der Waals surface area contributed by atoms with Crippen LogP contribution in [0, 0.1) is 6.92 Å². The lowest BCUT2D eigenvalue weighted by Gasteiger charge is -2.18. The molecule has 0 spiro atoms. The second-order valence-electron chi connectivity index (χ2n) is 4.54. The zero-order valence-electron chi connectivity index (χ0n) is 10.1. The van der Waals surface area contributed by atoms with E-state index in [0.717, 1.165) is 45.7 Å². The monoisotopic (exact) mass is 259 g/mol. The summed E-state index contributed by atoms with van der Waals surface area (Å²) in [6.45, 7) is 1.97. The summed E-state index contributed by atoms with van der Waals surface area (Å²) in [4.78, 5) is 16.2. The van der Waals surface area contributed by atoms with Crippen LogP contribution < -0.4 is 0 Å². The van der Waals surface area contributed by atoms with Crippen molar-refractivity contribution in [3.05, 3.63) is 40.6 Å². The topological polar surface area (TPSA) is 50.2 Å². The van der Waals surface area contributed by atoms with Crippen molar-refractivity contribution in [3.63, 3.8) is 0 Å². The van der Waals surface area contributed by atoms with E-state index in [9.17, 15) is 9.90 Å². The minimum atomic E-state index is -0.841. The number of hydrogen-bond acceptors (Lipinski definition) is 3. The number of rotatable bonds is 1. The summed E-state index contributed by atoms with van der Waals surface area (Å²) in [6, 6.07) is 5.81. The summed E-state index contributed by atoms with van der Waals surface area (Å²) in [5, 5.41) is 10.3. The van der Waals surface area contributed by atoms with Crippen LogP contribution in [0.3, 0.4) is 0 Å². The van der Waals surface area contributed by atoms with E-state index in [1.807, 2.05) is 25.1 Å². The second kappa shape index (κ2) is 4.28. The number of fused-ring (bicyclic) bond motifs is 2. The number of thioether (sulfide) groups is 1. The summed E-state index contributed by atoms with van der Waals surface area (Å²) in [6.07, 6.45) is 0.865. The third-order valence-corrected chi connectivity index (χ3v) is 4.26. The highest BCUT2D eigenvalue weighted by atomic mass is 32.2. The molecule has 4 heteroatoms. The average molecular weight is 259 g/mol. The molecule has 3 nitrogen and oxygen atoms in total. The van der Waals surface area contributed by atoms with Gasteiger partial charge in [0.1, 0.15) is 0 Å². The number of aromatic carboxylic acids is 1. The Morgan fingerprint density at radius 1 is 1.44 bits per heavy atom. The van der Waals surface area contributed by atoms with Crippen LogP contribution in [-0.4, -0.2) is 21.8 Å². The fourth-order valence-corrected chi connectivity index (χ4v) is 3.41. The second-order valence-corrected chi connectivity index (χ2v) is 5.65. The van der Waals surface area contributed by atoms with Crippen molar-refractivity contribution in [2.45, 2.75) is 19.1 Å². The Labute approximate surface area is 109 Å². The molecule has 0 saturated heterocycles. The molecular weight excluding hydrogens is 246 g/mol. The first kappa shape index (κ1) is 11.5. The lowest BCUT2D eigenvalue weighted by molar-refractivity contribution is 0.0698. The molecule has 0 saturated carbocycles. The van der Waals surface area contributed by atoms with E-state index in [4.69, 9.17) is 0 Å². The van der Waals surface area contributed by atoms with Crippen LogP contribution in [0.4, 0.5) is 0 Å². The van der Waals surface area contributed by atoms with E-state index < -0.39 is 5.97 Å². The SMILES string of the molecule is Cc1ccc2nc3c(c(C(=O)O)c2c1)CSCC3. The molecule has 2 heterocycles. The normalized spacial score (nSPS) is 14.5. The fraction of sp³-hybridized carbons (Fsp3) is 0.286. The van der Waals surface area contributed by atoms with Gasteiger partial charge >= 0.3 is 5.97 Å². The molecule has 0 bridgehead atoms. The van der Waals surface area contributed by atoms with Crippen molar-refractivity contribution >= 4 is 28.6 Å². The molecule has 2 aromatic rings. The van der Waals surface area contributed by atoms with Crippen LogP contribution in [0.2, 0.25) is 0 Å². The first-order valence-corrected chi connectivity index (χ1v) is 7.05. The van der Waals surface area contributed by atoms with Crippen molar-refractivity contribution in [3.8, 4) is 0 Å². The molecule has 1 aliphatic heterocycles. The third-order valence-electron chi connectivity index (χ3n) is 3.27. The van der Waals surface area contributed by atoms with Crippen molar-refractivity contribution in [1.29, 1.82) is 0 Å². The Balaban J connectivity index is 2.41. The molecule has 92 valence electrons. The summed E-state index contributed by atoms with van der Waals surface area (Å²) < 4.78 is 0. The van der Waals surface area contributed by atoms with Crippen molar-refractivity contribution in [2.75, 3.05) is 5.75 Å². The van der Waals surface area contributed by atoms with Gasteiger partial charge < -0.3 is 5.11 Å². The van der Waals surface area contributed by atoms with Gasteiger partial charge in [0.15, 0.2) is 0 Å². The van der Waals surface area contributed by atoms with E-state index in [-0.39, 0.29) is 0 Å². The maximum absolute atomic E-state index is 11.6. The van der Waals surface area contributed by atoms with Crippen LogP contribution in [0.1, 0.15) is 27.2 Å². The molecule has 0 aliphatic carbocycles. The van der Waals surface area contributed by atoms with Gasteiger partial charge in [-0.15, -0.1) is 0 Å². The predicted molar refractivity (Wildman–Crippen MR) is 73.3 cm³/mol. The Morgan fingerprint density at radius 3 is 3.06 bits per heavy atom. The minimum absolute atomic E-state index is 0.450. The van der Waals surface area contributed by atoms with Crippen molar-refractivity contribution in [1.82, 2.24) is 4.98 Å². The van der Waals surface area contributed by atoms with E-state index in [0.29, 0.717) is 5.56 Å². The van der Waals surface area contributed by atoms with Gasteiger partial charge in [0.2, 0.25) is 0 Å². The Kier molecular flexibility index (Phi) is 2.74. The summed E-state index contributed by atoms with van der Waals surface area (Å²) in [7, 11) is 0. The molecule has 0 amide bonds. The first-order valence-electron chi connectivity index (χ1n) is 5.90. The number of pyridine rings is 1. The predicted octanol–water partition coefficient (Wildman–Crippen LogP) is 3.03. The first-order chi connectivity index (χ1) is 8.66. The largest absolute Gasteiger partial charge is 0.478 e. The van der Waals surface area contributed by atoms with E-state index in [1.165, 1.54) is 0 Å². The number of carboxylic acid groups (broad SMARTS) is 1. The fourth-order valence-electron chi connectivity index (χ4n) is 2.42. The molecule has 18 heavy (non-hydrogen) atoms. The van der Waals surface area contributed by atoms with Crippen LogP contribution in [0.25, 0.3) is 10.9 Å². The molecule has 1 aromatic carbocycles. The van der Waals surface area contributed by atoms with Gasteiger partial charge in [-0.25, -0.2) is 4.79 Å². The highest BCUT2D eigenvalue weighted by molar-refractivity contribution is 7.98. The number of benzene rings is 1. The van der Waals surface area contributed by atoms with Crippen LogP contribution >= 0.6 is 11.8 Å². The summed E-state index contributed by atoms with van der Waals surface area (Å²) in [5.74, 6) is 0.941. The molecule has 1 aliphatic rings. The highest BCUT2D eigenvalue weighted by Crippen LogP contribution is 2.31. The lowest BCUT2D eigenvalue weighted by Crippen LogP contribution is -2.13. The lowest BCUT2D eigenvalue weighted by atomic mass is 9.99. The highest BCUT2D eigenvalue weighted by Gasteiger charge is 2.22. The van der Waals surface area contributed by atoms with Gasteiger partial charge in [0, 0.05) is 16.8 Å². The van der Waals surface area contributed by atoms with Gasteiger partial charge in [0.25, 0.3) is 0 Å². The standard InChI is InChI=1S/C14H13NO2S/c1-8-2-3-11-9(6-8)13(14(16)17)10-7-18-5-4-12(10)15-11/h2-3,6H,4-5,7H2,1H3,(H,16,17). The van der Waals surface area contributed by atoms with Gasteiger partial charge in [-0.05, 0) is 36.8 Å². The Morgan fingerprint density at radius 2 is 2.28 bits per heavy atom. The molecule has 0 unspecified atom stereocenters. The Hall–Kier alpha value is -1.55. The quantitative estimate of drug-likeness (QED) is 0.855. The third kappa shape index (κ3) is 1.77. The van der Waals surface area contributed by atoms with Gasteiger partial charge in [-0.1, -0.05) is 11.6 Å². The minimum Gasteiger partial charge on any atom is -0.478 e. The smallest absolute Gasteiger partial charge is 0.336 e. The van der Waals surface area contributed by atoms with Crippen LogP contribution in [-0.2, 0) is 12.2 Å². The van der Waals surface area contributed by atoms with Crippen molar-refractivity contribution in [2.24, 2.45) is 0 Å². The number of aromatic nitrogens is 1. The number of hydrogen-bond donors (Lipinski definition) is 1. The average Bonchev–Trinajstić information content (AvgIpc) is 2.35. The zero-order valence-corrected chi connectivity index (χ0v) is 10.9. The van der Waals surface area contributed by atoms with Crippen LogP contribution in [0.15, 0.2) is 18.2 Å². The molecule has 1 N–H and O–H groups in total. The molecule has 0 atom stereocenters. The zero-order chi connectivity index (χ0) is 12.7. The van der Waals surface area contributed by atoms with Gasteiger partial charge in [-0.3, -0.25) is 4.98 Å². The van der Waals surface area contributed by atoms with Gasteiger partial charge in [0.05, 0.1) is 11.1 Å². The molecule has 1 aromatic heterocycles. The molecule has 0 fully saturated rings. The molecule has 0 radical (unpaired) electrons. The van der Waals surface area contributed by atoms with Gasteiger partial charge in [-0.2, -0.15) is 11.8 Å². The molecule has 3 rings (SSSR count).